The average Bonchev–Trinajstić information content (AvgIpc) is 3.20. The quantitative estimate of drug-likeness (QED) is 0.553. The summed E-state index contributed by atoms with van der Waals surface area (Å²) in [5.41, 5.74) is 6.93. The van der Waals surface area contributed by atoms with Crippen LogP contribution in [0.3, 0.4) is 0 Å². The van der Waals surface area contributed by atoms with E-state index in [0.717, 1.165) is 45.8 Å². The Balaban J connectivity index is 0.000000360. The number of halogens is 3. The Kier molecular flexibility index (Phi) is 6.77. The number of amides is 1. The molecular weight excluding hydrogens is 423 g/mol. The van der Waals surface area contributed by atoms with Crippen molar-refractivity contribution in [2.75, 3.05) is 6.54 Å². The van der Waals surface area contributed by atoms with Gasteiger partial charge in [0.05, 0.1) is 11.3 Å². The molecule has 9 heteroatoms. The second-order valence-corrected chi connectivity index (χ2v) is 7.05. The van der Waals surface area contributed by atoms with E-state index in [0.29, 0.717) is 6.54 Å². The number of nitrogens with one attached hydrogen (secondary N) is 2. The maximum atomic E-state index is 12.0. The first-order valence-corrected chi connectivity index (χ1v) is 9.65. The highest BCUT2D eigenvalue weighted by atomic mass is 19.4. The summed E-state index contributed by atoms with van der Waals surface area (Å²) < 4.78 is 31.7. The number of carboxylic acid groups (broad SMARTS) is 1. The summed E-state index contributed by atoms with van der Waals surface area (Å²) >= 11 is 0. The molecular formula is C23H20F3N3O3. The first kappa shape index (κ1) is 22.8. The highest BCUT2D eigenvalue weighted by Gasteiger charge is 2.38. The zero-order valence-corrected chi connectivity index (χ0v) is 17.0. The number of carboxylic acids is 1. The lowest BCUT2D eigenvalue weighted by Gasteiger charge is -2.10. The van der Waals surface area contributed by atoms with E-state index >= 15 is 0 Å². The molecule has 0 spiro atoms. The van der Waals surface area contributed by atoms with Crippen molar-refractivity contribution in [1.29, 1.82) is 0 Å². The van der Waals surface area contributed by atoms with Crippen LogP contribution in [0.2, 0.25) is 0 Å². The highest BCUT2D eigenvalue weighted by molar-refractivity contribution is 5.97. The smallest absolute Gasteiger partial charge is 0.475 e. The lowest BCUT2D eigenvalue weighted by Crippen LogP contribution is -2.31. The van der Waals surface area contributed by atoms with E-state index in [4.69, 9.17) is 9.90 Å². The van der Waals surface area contributed by atoms with Crippen molar-refractivity contribution < 1.29 is 27.9 Å². The largest absolute Gasteiger partial charge is 0.490 e. The number of aromatic amines is 1. The predicted octanol–water partition coefficient (Wildman–Crippen LogP) is 4.56. The van der Waals surface area contributed by atoms with Gasteiger partial charge in [0, 0.05) is 36.1 Å². The molecule has 2 aromatic heterocycles. The standard InChI is InChI=1S/C21H19N3O.C2HF3O2/c1-14(11-15-5-3-2-4-6-15)19-12-16(7-9-22-19)20-13-17-18(24-20)8-10-23-21(17)25;3-2(4,5)1(6)7/h2-7,9,11-13,24H,8,10H2,1H3,(H,23,25);(H,6,7)/b14-11+;. The Morgan fingerprint density at radius 2 is 1.84 bits per heavy atom. The first-order chi connectivity index (χ1) is 15.1. The Labute approximate surface area is 181 Å². The Morgan fingerprint density at radius 3 is 2.47 bits per heavy atom. The van der Waals surface area contributed by atoms with Crippen molar-refractivity contribution in [3.8, 4) is 11.3 Å². The summed E-state index contributed by atoms with van der Waals surface area (Å²) in [6, 6.07) is 16.2. The van der Waals surface area contributed by atoms with Crippen LogP contribution in [-0.4, -0.2) is 39.7 Å². The molecule has 1 aromatic carbocycles. The molecule has 0 radical (unpaired) electrons. The zero-order chi connectivity index (χ0) is 23.3. The number of aromatic nitrogens is 2. The third kappa shape index (κ3) is 5.63. The summed E-state index contributed by atoms with van der Waals surface area (Å²) in [6.45, 7) is 2.75. The van der Waals surface area contributed by atoms with E-state index in [1.165, 1.54) is 0 Å². The molecule has 0 saturated heterocycles. The van der Waals surface area contributed by atoms with Crippen LogP contribution >= 0.6 is 0 Å². The number of rotatable bonds is 3. The Bertz CT molecular complexity index is 1150. The SMILES string of the molecule is C/C(=C\c1ccccc1)c1cc(-c2cc3c([nH]2)CCNC3=O)ccn1.O=C(O)C(F)(F)F. The van der Waals surface area contributed by atoms with E-state index in [9.17, 15) is 18.0 Å². The van der Waals surface area contributed by atoms with Crippen LogP contribution in [0.1, 0.15) is 34.2 Å². The van der Waals surface area contributed by atoms with Gasteiger partial charge in [-0.3, -0.25) is 9.78 Å². The minimum atomic E-state index is -5.08. The molecule has 0 unspecified atom stereocenters. The number of hydrogen-bond donors (Lipinski definition) is 3. The van der Waals surface area contributed by atoms with E-state index in [1.54, 1.807) is 0 Å². The van der Waals surface area contributed by atoms with Gasteiger partial charge < -0.3 is 15.4 Å². The fraction of sp³-hybridized carbons (Fsp3) is 0.174. The zero-order valence-electron chi connectivity index (χ0n) is 17.0. The normalized spacial score (nSPS) is 13.5. The van der Waals surface area contributed by atoms with Gasteiger partial charge in [0.15, 0.2) is 0 Å². The van der Waals surface area contributed by atoms with Gasteiger partial charge in [-0.1, -0.05) is 30.3 Å². The van der Waals surface area contributed by atoms with Crippen LogP contribution in [0.5, 0.6) is 0 Å². The number of carbonyl (C=O) groups is 2. The monoisotopic (exact) mass is 443 g/mol. The minimum absolute atomic E-state index is 0.00168. The van der Waals surface area contributed by atoms with Crippen LogP contribution < -0.4 is 5.32 Å². The summed E-state index contributed by atoms with van der Waals surface area (Å²) in [6.07, 6.45) is -0.307. The summed E-state index contributed by atoms with van der Waals surface area (Å²) in [5.74, 6) is -2.76. The fourth-order valence-electron chi connectivity index (χ4n) is 3.14. The molecule has 1 aliphatic heterocycles. The number of pyridine rings is 1. The van der Waals surface area contributed by atoms with Gasteiger partial charge in [-0.05, 0) is 42.3 Å². The number of benzene rings is 1. The maximum absolute atomic E-state index is 12.0. The molecule has 32 heavy (non-hydrogen) atoms. The third-order valence-electron chi connectivity index (χ3n) is 4.70. The van der Waals surface area contributed by atoms with Gasteiger partial charge in [-0.15, -0.1) is 0 Å². The second-order valence-electron chi connectivity index (χ2n) is 7.05. The fourth-order valence-corrected chi connectivity index (χ4v) is 3.14. The van der Waals surface area contributed by atoms with Crippen molar-refractivity contribution in [3.63, 3.8) is 0 Å². The molecule has 0 saturated carbocycles. The van der Waals surface area contributed by atoms with Crippen molar-refractivity contribution in [3.05, 3.63) is 77.2 Å². The Hall–Kier alpha value is -3.88. The van der Waals surface area contributed by atoms with Gasteiger partial charge in [0.1, 0.15) is 0 Å². The second kappa shape index (κ2) is 9.51. The number of alkyl halides is 3. The number of allylic oxidation sites excluding steroid dienone is 1. The first-order valence-electron chi connectivity index (χ1n) is 9.65. The molecule has 6 nitrogen and oxygen atoms in total. The molecule has 3 N–H and O–H groups in total. The number of carbonyl (C=O) groups excluding carboxylic acids is 1. The van der Waals surface area contributed by atoms with Crippen LogP contribution in [0.25, 0.3) is 22.9 Å². The van der Waals surface area contributed by atoms with Gasteiger partial charge in [0.25, 0.3) is 5.91 Å². The molecule has 4 rings (SSSR count). The number of fused-ring (bicyclic) bond motifs is 1. The maximum Gasteiger partial charge on any atom is 0.490 e. The van der Waals surface area contributed by atoms with E-state index in [-0.39, 0.29) is 5.91 Å². The topological polar surface area (TPSA) is 95.1 Å². The number of hydrogen-bond acceptors (Lipinski definition) is 3. The van der Waals surface area contributed by atoms with Gasteiger partial charge in [-0.2, -0.15) is 13.2 Å². The third-order valence-corrected chi connectivity index (χ3v) is 4.70. The minimum Gasteiger partial charge on any atom is -0.475 e. The highest BCUT2D eigenvalue weighted by Crippen LogP contribution is 2.26. The van der Waals surface area contributed by atoms with E-state index in [2.05, 4.69) is 46.5 Å². The van der Waals surface area contributed by atoms with Crippen molar-refractivity contribution in [2.24, 2.45) is 0 Å². The number of nitrogens with zero attached hydrogens (tertiary/aromatic N) is 1. The van der Waals surface area contributed by atoms with Crippen LogP contribution in [0.15, 0.2) is 54.7 Å². The predicted molar refractivity (Wildman–Crippen MR) is 114 cm³/mol. The van der Waals surface area contributed by atoms with Crippen molar-refractivity contribution in [1.82, 2.24) is 15.3 Å². The van der Waals surface area contributed by atoms with Crippen molar-refractivity contribution in [2.45, 2.75) is 19.5 Å². The average molecular weight is 443 g/mol. The lowest BCUT2D eigenvalue weighted by atomic mass is 10.1. The summed E-state index contributed by atoms with van der Waals surface area (Å²) in [7, 11) is 0. The molecule has 3 heterocycles. The summed E-state index contributed by atoms with van der Waals surface area (Å²) in [4.78, 5) is 28.7. The van der Waals surface area contributed by atoms with Crippen LogP contribution in [0.4, 0.5) is 13.2 Å². The van der Waals surface area contributed by atoms with Crippen molar-refractivity contribution >= 4 is 23.5 Å². The van der Waals surface area contributed by atoms with Gasteiger partial charge in [0.2, 0.25) is 0 Å². The lowest BCUT2D eigenvalue weighted by molar-refractivity contribution is -0.192. The number of H-pyrrole nitrogens is 1. The van der Waals surface area contributed by atoms with Crippen LogP contribution in [0, 0.1) is 0 Å². The Morgan fingerprint density at radius 1 is 1.16 bits per heavy atom. The molecule has 0 bridgehead atoms. The summed E-state index contributed by atoms with van der Waals surface area (Å²) in [5, 5.41) is 10.0. The van der Waals surface area contributed by atoms with E-state index < -0.39 is 12.1 Å². The molecule has 166 valence electrons. The van der Waals surface area contributed by atoms with Crippen LogP contribution in [-0.2, 0) is 11.2 Å². The van der Waals surface area contributed by atoms with Gasteiger partial charge in [-0.25, -0.2) is 4.79 Å². The molecule has 0 atom stereocenters. The molecule has 0 aliphatic carbocycles. The molecule has 3 aromatic rings. The molecule has 1 amide bonds. The number of aliphatic carboxylic acids is 1. The molecule has 1 aliphatic rings. The van der Waals surface area contributed by atoms with E-state index in [1.807, 2.05) is 36.5 Å². The molecule has 0 fully saturated rings. The van der Waals surface area contributed by atoms with Gasteiger partial charge >= 0.3 is 12.1 Å².